The lowest BCUT2D eigenvalue weighted by Crippen LogP contribution is -2.40. The lowest BCUT2D eigenvalue weighted by molar-refractivity contribution is 0.268. The topological polar surface area (TPSA) is 75.4 Å². The summed E-state index contributed by atoms with van der Waals surface area (Å²) in [6, 6.07) is 0.510. The number of hydrogen-bond donors (Lipinski definition) is 2. The third-order valence-electron chi connectivity index (χ3n) is 2.99. The van der Waals surface area contributed by atoms with Crippen LogP contribution in [0.5, 0.6) is 0 Å². The molecule has 0 aliphatic carbocycles. The Morgan fingerprint density at radius 1 is 1.33 bits per heavy atom. The highest BCUT2D eigenvalue weighted by molar-refractivity contribution is 7.93. The van der Waals surface area contributed by atoms with Gasteiger partial charge in [0.05, 0.1) is 4.99 Å². The molecule has 0 aliphatic rings. The Labute approximate surface area is 116 Å². The van der Waals surface area contributed by atoms with Crippen molar-refractivity contribution in [3.8, 4) is 0 Å². The van der Waals surface area contributed by atoms with Crippen molar-refractivity contribution in [2.75, 3.05) is 20.1 Å². The minimum Gasteiger partial charge on any atom is -0.392 e. The minimum absolute atomic E-state index is 0.00189. The predicted octanol–water partition coefficient (Wildman–Crippen LogP) is 0.701. The van der Waals surface area contributed by atoms with Crippen LogP contribution in [-0.4, -0.2) is 49.7 Å². The summed E-state index contributed by atoms with van der Waals surface area (Å²) in [6.45, 7) is 7.15. The Morgan fingerprint density at radius 3 is 2.33 bits per heavy atom. The molecule has 5 nitrogen and oxygen atoms in total. The standard InChI is InChI=1S/C11H25N3O2S2/c1-9(2)14(4)8-6-5-7-13-18(15,16)10(3)11(12)17/h9-10,13H,5-8H2,1-4H3,(H2,12,17). The quantitative estimate of drug-likeness (QED) is 0.484. The van der Waals surface area contributed by atoms with Gasteiger partial charge in [0.15, 0.2) is 0 Å². The van der Waals surface area contributed by atoms with Gasteiger partial charge in [0.1, 0.15) is 5.25 Å². The Bertz CT molecular complexity index is 355. The van der Waals surface area contributed by atoms with Gasteiger partial charge in [-0.3, -0.25) is 0 Å². The second kappa shape index (κ2) is 8.04. The van der Waals surface area contributed by atoms with E-state index in [2.05, 4.69) is 42.7 Å². The number of sulfonamides is 1. The van der Waals surface area contributed by atoms with Gasteiger partial charge in [-0.25, -0.2) is 13.1 Å². The van der Waals surface area contributed by atoms with Crippen molar-refractivity contribution in [2.45, 2.75) is 44.9 Å². The summed E-state index contributed by atoms with van der Waals surface area (Å²) in [5.74, 6) is 0. The number of nitrogens with two attached hydrogens (primary N) is 1. The van der Waals surface area contributed by atoms with Crippen LogP contribution in [0.3, 0.4) is 0 Å². The summed E-state index contributed by atoms with van der Waals surface area (Å²) >= 11 is 4.68. The molecule has 0 radical (unpaired) electrons. The van der Waals surface area contributed by atoms with Gasteiger partial charge in [0.2, 0.25) is 10.0 Å². The minimum atomic E-state index is -3.41. The van der Waals surface area contributed by atoms with E-state index in [-0.39, 0.29) is 4.99 Å². The highest BCUT2D eigenvalue weighted by Gasteiger charge is 2.22. The van der Waals surface area contributed by atoms with Crippen LogP contribution in [0.15, 0.2) is 0 Å². The summed E-state index contributed by atoms with van der Waals surface area (Å²) in [7, 11) is -1.35. The lowest BCUT2D eigenvalue weighted by Gasteiger charge is -2.20. The van der Waals surface area contributed by atoms with Crippen LogP contribution in [-0.2, 0) is 10.0 Å². The van der Waals surface area contributed by atoms with Gasteiger partial charge < -0.3 is 10.6 Å². The zero-order valence-electron chi connectivity index (χ0n) is 11.6. The molecule has 0 heterocycles. The lowest BCUT2D eigenvalue weighted by atomic mass is 10.2. The molecule has 0 aromatic heterocycles. The molecule has 0 rings (SSSR count). The first-order valence-electron chi connectivity index (χ1n) is 6.16. The predicted molar refractivity (Wildman–Crippen MR) is 80.2 cm³/mol. The second-order valence-corrected chi connectivity index (χ2v) is 7.32. The fourth-order valence-corrected chi connectivity index (χ4v) is 2.60. The molecule has 0 fully saturated rings. The van der Waals surface area contributed by atoms with Gasteiger partial charge in [-0.2, -0.15) is 0 Å². The van der Waals surface area contributed by atoms with Gasteiger partial charge in [-0.15, -0.1) is 0 Å². The van der Waals surface area contributed by atoms with Gasteiger partial charge >= 0.3 is 0 Å². The van der Waals surface area contributed by atoms with Crippen LogP contribution in [0.4, 0.5) is 0 Å². The number of nitrogens with one attached hydrogen (secondary N) is 1. The van der Waals surface area contributed by atoms with Gasteiger partial charge in [-0.05, 0) is 47.2 Å². The summed E-state index contributed by atoms with van der Waals surface area (Å²) in [4.78, 5) is 2.23. The Kier molecular flexibility index (Phi) is 7.93. The molecular weight excluding hydrogens is 270 g/mol. The molecule has 0 spiro atoms. The molecule has 0 aliphatic heterocycles. The average Bonchev–Trinajstić information content (AvgIpc) is 2.26. The van der Waals surface area contributed by atoms with E-state index < -0.39 is 15.3 Å². The molecule has 0 aromatic carbocycles. The maximum atomic E-state index is 11.7. The fourth-order valence-electron chi connectivity index (χ4n) is 1.24. The average molecular weight is 295 g/mol. The van der Waals surface area contributed by atoms with Crippen LogP contribution < -0.4 is 10.5 Å². The molecule has 0 saturated carbocycles. The first kappa shape index (κ1) is 17.8. The highest BCUT2D eigenvalue weighted by Crippen LogP contribution is 2.01. The van der Waals surface area contributed by atoms with Crippen LogP contribution in [0.25, 0.3) is 0 Å². The fraction of sp³-hybridized carbons (Fsp3) is 0.909. The molecule has 0 aromatic rings. The van der Waals surface area contributed by atoms with Gasteiger partial charge in [0, 0.05) is 12.6 Å². The number of nitrogens with zero attached hydrogens (tertiary/aromatic N) is 1. The van der Waals surface area contributed by atoms with Crippen LogP contribution in [0.2, 0.25) is 0 Å². The molecule has 1 atom stereocenters. The largest absolute Gasteiger partial charge is 0.392 e. The van der Waals surface area contributed by atoms with Crippen molar-refractivity contribution in [1.29, 1.82) is 0 Å². The second-order valence-electron chi connectivity index (χ2n) is 4.77. The molecule has 0 saturated heterocycles. The molecule has 0 bridgehead atoms. The molecule has 108 valence electrons. The number of unbranched alkanes of at least 4 members (excludes halogenated alkanes) is 1. The zero-order chi connectivity index (χ0) is 14.3. The molecule has 3 N–H and O–H groups in total. The first-order valence-corrected chi connectivity index (χ1v) is 8.12. The Morgan fingerprint density at radius 2 is 1.89 bits per heavy atom. The summed E-state index contributed by atoms with van der Waals surface area (Å²) < 4.78 is 25.9. The third-order valence-corrected chi connectivity index (χ3v) is 5.28. The van der Waals surface area contributed by atoms with E-state index in [9.17, 15) is 8.42 Å². The van der Waals surface area contributed by atoms with Crippen molar-refractivity contribution in [1.82, 2.24) is 9.62 Å². The summed E-state index contributed by atoms with van der Waals surface area (Å²) in [5, 5.41) is -0.814. The maximum absolute atomic E-state index is 11.7. The van der Waals surface area contributed by atoms with Gasteiger partial charge in [0.25, 0.3) is 0 Å². The number of rotatable bonds is 9. The normalized spacial score (nSPS) is 14.1. The monoisotopic (exact) mass is 295 g/mol. The van der Waals surface area contributed by atoms with Crippen molar-refractivity contribution >= 4 is 27.2 Å². The maximum Gasteiger partial charge on any atom is 0.220 e. The van der Waals surface area contributed by atoms with Crippen LogP contribution in [0.1, 0.15) is 33.6 Å². The molecule has 0 amide bonds. The van der Waals surface area contributed by atoms with E-state index in [1.165, 1.54) is 6.92 Å². The zero-order valence-corrected chi connectivity index (χ0v) is 13.3. The van der Waals surface area contributed by atoms with Crippen molar-refractivity contribution < 1.29 is 8.42 Å². The molecular formula is C11H25N3O2S2. The van der Waals surface area contributed by atoms with Crippen molar-refractivity contribution in [2.24, 2.45) is 5.73 Å². The first-order chi connectivity index (χ1) is 8.18. The van der Waals surface area contributed by atoms with E-state index in [0.29, 0.717) is 12.6 Å². The third kappa shape index (κ3) is 6.63. The summed E-state index contributed by atoms with van der Waals surface area (Å²) in [6.07, 6.45) is 1.76. The van der Waals surface area contributed by atoms with Crippen LogP contribution >= 0.6 is 12.2 Å². The Hall–Kier alpha value is -0.240. The SMILES string of the molecule is CC(C)N(C)CCCCNS(=O)(=O)C(C)C(N)=S. The van der Waals surface area contributed by atoms with E-state index in [1.54, 1.807) is 0 Å². The molecule has 7 heteroatoms. The van der Waals surface area contributed by atoms with E-state index >= 15 is 0 Å². The van der Waals surface area contributed by atoms with Crippen LogP contribution in [0, 0.1) is 0 Å². The summed E-state index contributed by atoms with van der Waals surface area (Å²) in [5.41, 5.74) is 5.33. The van der Waals surface area contributed by atoms with Crippen molar-refractivity contribution in [3.63, 3.8) is 0 Å². The van der Waals surface area contributed by atoms with E-state index in [0.717, 1.165) is 19.4 Å². The highest BCUT2D eigenvalue weighted by atomic mass is 32.2. The molecule has 18 heavy (non-hydrogen) atoms. The van der Waals surface area contributed by atoms with E-state index in [4.69, 9.17) is 5.73 Å². The van der Waals surface area contributed by atoms with Crippen molar-refractivity contribution in [3.05, 3.63) is 0 Å². The smallest absolute Gasteiger partial charge is 0.220 e. The van der Waals surface area contributed by atoms with E-state index in [1.807, 2.05) is 0 Å². The molecule has 1 unspecified atom stereocenters. The number of thiocarbonyl (C=S) groups is 1. The number of hydrogen-bond acceptors (Lipinski definition) is 4. The Balaban J connectivity index is 3.89. The van der Waals surface area contributed by atoms with Gasteiger partial charge in [-0.1, -0.05) is 12.2 Å².